The van der Waals surface area contributed by atoms with Gasteiger partial charge < -0.3 is 0 Å². The minimum atomic E-state index is 1.04. The topological polar surface area (TPSA) is 29.9 Å². The Morgan fingerprint density at radius 1 is 0.938 bits per heavy atom. The van der Waals surface area contributed by atoms with Gasteiger partial charge in [0.05, 0.1) is 5.56 Å². The van der Waals surface area contributed by atoms with Gasteiger partial charge >= 0.3 is 0 Å². The molecular formula is C13H10BrN2+. The van der Waals surface area contributed by atoms with Gasteiger partial charge in [0, 0.05) is 4.47 Å². The van der Waals surface area contributed by atoms with E-state index in [1.54, 1.807) is 0 Å². The van der Waals surface area contributed by atoms with Crippen LogP contribution in [0.3, 0.4) is 0 Å². The molecule has 0 aliphatic carbocycles. The summed E-state index contributed by atoms with van der Waals surface area (Å²) >= 11 is 3.43. The summed E-state index contributed by atoms with van der Waals surface area (Å²) < 4.78 is 1.09. The second kappa shape index (κ2) is 3.76. The molecule has 0 amide bonds. The molecule has 3 heteroatoms. The van der Waals surface area contributed by atoms with Crippen LogP contribution in [0.4, 0.5) is 0 Å². The van der Waals surface area contributed by atoms with Crippen molar-refractivity contribution in [3.05, 3.63) is 53.0 Å². The van der Waals surface area contributed by atoms with Gasteiger partial charge in [-0.2, -0.15) is 0 Å². The van der Waals surface area contributed by atoms with Gasteiger partial charge in [-0.25, -0.2) is 9.97 Å². The monoisotopic (exact) mass is 273 g/mol. The number of para-hydroxylation sites is 2. The Morgan fingerprint density at radius 3 is 2.44 bits per heavy atom. The normalized spacial score (nSPS) is 10.8. The van der Waals surface area contributed by atoms with Crippen LogP contribution in [0.15, 0.2) is 53.0 Å². The van der Waals surface area contributed by atoms with E-state index in [0.29, 0.717) is 0 Å². The summed E-state index contributed by atoms with van der Waals surface area (Å²) in [4.78, 5) is 6.72. The first-order chi connectivity index (χ1) is 7.83. The van der Waals surface area contributed by atoms with E-state index < -0.39 is 0 Å². The molecule has 0 aliphatic heterocycles. The van der Waals surface area contributed by atoms with E-state index >= 15 is 0 Å². The Morgan fingerprint density at radius 2 is 1.69 bits per heavy atom. The van der Waals surface area contributed by atoms with Crippen LogP contribution in [-0.4, -0.2) is 4.98 Å². The molecule has 1 heterocycles. The molecule has 0 bridgehead atoms. The highest BCUT2D eigenvalue weighted by Crippen LogP contribution is 2.19. The largest absolute Gasteiger partial charge is 0.285 e. The second-order valence-corrected chi connectivity index (χ2v) is 4.59. The molecule has 0 atom stereocenters. The lowest BCUT2D eigenvalue weighted by atomic mass is 10.2. The Labute approximate surface area is 101 Å². The third-order valence-electron chi connectivity index (χ3n) is 2.58. The van der Waals surface area contributed by atoms with Crippen molar-refractivity contribution < 1.29 is 4.98 Å². The van der Waals surface area contributed by atoms with E-state index in [9.17, 15) is 0 Å². The minimum Gasteiger partial charge on any atom is -0.237 e. The number of H-pyrrole nitrogens is 2. The number of aromatic nitrogens is 2. The zero-order chi connectivity index (χ0) is 11.0. The Hall–Kier alpha value is -1.61. The van der Waals surface area contributed by atoms with Gasteiger partial charge in [0.15, 0.2) is 11.0 Å². The van der Waals surface area contributed by atoms with Gasteiger partial charge in [-0.05, 0) is 36.4 Å². The fourth-order valence-corrected chi connectivity index (χ4v) is 2.03. The summed E-state index contributed by atoms with van der Waals surface area (Å²) in [5.41, 5.74) is 3.40. The highest BCUT2D eigenvalue weighted by atomic mass is 79.9. The van der Waals surface area contributed by atoms with Crippen LogP contribution in [0.2, 0.25) is 0 Å². The van der Waals surface area contributed by atoms with E-state index in [4.69, 9.17) is 0 Å². The number of hydrogen-bond donors (Lipinski definition) is 1. The quantitative estimate of drug-likeness (QED) is 0.705. The molecule has 0 saturated heterocycles. The molecule has 3 rings (SSSR count). The number of fused-ring (bicyclic) bond motifs is 1. The predicted molar refractivity (Wildman–Crippen MR) is 68.0 cm³/mol. The molecule has 78 valence electrons. The number of halogens is 1. The Bertz CT molecular complexity index is 593. The summed E-state index contributed by atoms with van der Waals surface area (Å²) in [5.74, 6) is 1.04. The van der Waals surface area contributed by atoms with Crippen LogP contribution in [0.25, 0.3) is 22.4 Å². The highest BCUT2D eigenvalue weighted by molar-refractivity contribution is 9.10. The van der Waals surface area contributed by atoms with E-state index in [0.717, 1.165) is 26.9 Å². The lowest BCUT2D eigenvalue weighted by Crippen LogP contribution is -2.01. The molecular weight excluding hydrogens is 264 g/mol. The molecule has 0 saturated carbocycles. The van der Waals surface area contributed by atoms with Crippen LogP contribution < -0.4 is 4.98 Å². The minimum absolute atomic E-state index is 1.04. The van der Waals surface area contributed by atoms with Gasteiger partial charge in [-0.3, -0.25) is 0 Å². The maximum atomic E-state index is 3.43. The maximum absolute atomic E-state index is 3.43. The van der Waals surface area contributed by atoms with Crippen molar-refractivity contribution in [2.75, 3.05) is 0 Å². The molecule has 1 aromatic heterocycles. The molecule has 3 aromatic rings. The van der Waals surface area contributed by atoms with Crippen molar-refractivity contribution in [1.29, 1.82) is 0 Å². The number of nitrogens with one attached hydrogen (secondary N) is 2. The fourth-order valence-electron chi connectivity index (χ4n) is 1.76. The summed E-state index contributed by atoms with van der Waals surface area (Å²) in [6.45, 7) is 0. The summed E-state index contributed by atoms with van der Waals surface area (Å²) in [5, 5.41) is 0. The predicted octanol–water partition coefficient (Wildman–Crippen LogP) is 3.41. The van der Waals surface area contributed by atoms with Crippen LogP contribution in [-0.2, 0) is 0 Å². The van der Waals surface area contributed by atoms with Crippen molar-refractivity contribution in [3.63, 3.8) is 0 Å². The third kappa shape index (κ3) is 1.63. The molecule has 16 heavy (non-hydrogen) atoms. The van der Waals surface area contributed by atoms with Gasteiger partial charge in [-0.1, -0.05) is 28.1 Å². The van der Waals surface area contributed by atoms with E-state index in [2.05, 4.69) is 50.2 Å². The van der Waals surface area contributed by atoms with Crippen LogP contribution >= 0.6 is 15.9 Å². The highest BCUT2D eigenvalue weighted by Gasteiger charge is 2.10. The van der Waals surface area contributed by atoms with E-state index in [-0.39, 0.29) is 0 Å². The van der Waals surface area contributed by atoms with Crippen molar-refractivity contribution in [1.82, 2.24) is 4.98 Å². The SMILES string of the molecule is Brc1ccc(-c2[nH]c3ccccc3[nH+]2)cc1. The molecule has 0 unspecified atom stereocenters. The summed E-state index contributed by atoms with van der Waals surface area (Å²) in [6.07, 6.45) is 0. The number of aromatic amines is 2. The Kier molecular flexibility index (Phi) is 2.26. The summed E-state index contributed by atoms with van der Waals surface area (Å²) in [6, 6.07) is 16.4. The van der Waals surface area contributed by atoms with Crippen molar-refractivity contribution in [2.45, 2.75) is 0 Å². The van der Waals surface area contributed by atoms with Crippen LogP contribution in [0.1, 0.15) is 0 Å². The first-order valence-corrected chi connectivity index (χ1v) is 5.88. The maximum Gasteiger partial charge on any atom is 0.285 e. The van der Waals surface area contributed by atoms with Gasteiger partial charge in [0.1, 0.15) is 0 Å². The second-order valence-electron chi connectivity index (χ2n) is 3.68. The molecule has 0 radical (unpaired) electrons. The van der Waals surface area contributed by atoms with Crippen LogP contribution in [0.5, 0.6) is 0 Å². The molecule has 0 fully saturated rings. The molecule has 2 nitrogen and oxygen atoms in total. The van der Waals surface area contributed by atoms with Crippen molar-refractivity contribution in [2.24, 2.45) is 0 Å². The average Bonchev–Trinajstić information content (AvgIpc) is 2.73. The lowest BCUT2D eigenvalue weighted by molar-refractivity contribution is -0.330. The molecule has 2 aromatic carbocycles. The van der Waals surface area contributed by atoms with Crippen LogP contribution in [0, 0.1) is 0 Å². The van der Waals surface area contributed by atoms with E-state index in [1.807, 2.05) is 24.3 Å². The molecule has 0 aliphatic rings. The molecule has 2 N–H and O–H groups in total. The zero-order valence-corrected chi connectivity index (χ0v) is 10.1. The molecule has 0 spiro atoms. The number of hydrogen-bond acceptors (Lipinski definition) is 0. The van der Waals surface area contributed by atoms with Gasteiger partial charge in [0.2, 0.25) is 0 Å². The number of imidazole rings is 1. The van der Waals surface area contributed by atoms with E-state index in [1.165, 1.54) is 0 Å². The summed E-state index contributed by atoms with van der Waals surface area (Å²) in [7, 11) is 0. The first kappa shape index (κ1) is 9.60. The van der Waals surface area contributed by atoms with Crippen molar-refractivity contribution in [3.8, 4) is 11.4 Å². The standard InChI is InChI=1S/C13H9BrN2/c14-10-7-5-9(6-8-10)13-15-11-3-1-2-4-12(11)16-13/h1-8H,(H,15,16)/p+1. The lowest BCUT2D eigenvalue weighted by Gasteiger charge is -1.91. The van der Waals surface area contributed by atoms with Gasteiger partial charge in [-0.15, -0.1) is 0 Å². The van der Waals surface area contributed by atoms with Crippen molar-refractivity contribution >= 4 is 27.0 Å². The number of rotatable bonds is 1. The average molecular weight is 274 g/mol. The van der Waals surface area contributed by atoms with Gasteiger partial charge in [0.25, 0.3) is 5.82 Å². The Balaban J connectivity index is 2.15. The zero-order valence-electron chi connectivity index (χ0n) is 8.50. The smallest absolute Gasteiger partial charge is 0.237 e. The fraction of sp³-hybridized carbons (Fsp3) is 0. The third-order valence-corrected chi connectivity index (χ3v) is 3.11. The number of benzene rings is 2. The first-order valence-electron chi connectivity index (χ1n) is 5.09.